The molecule has 0 aromatic heterocycles. The highest BCUT2D eigenvalue weighted by Gasteiger charge is 2.49. The highest BCUT2D eigenvalue weighted by molar-refractivity contribution is 5.90. The van der Waals surface area contributed by atoms with Crippen molar-refractivity contribution in [1.29, 1.82) is 0 Å². The second-order valence-electron chi connectivity index (χ2n) is 6.79. The zero-order valence-corrected chi connectivity index (χ0v) is 12.3. The Balaban J connectivity index is 2.69. The highest BCUT2D eigenvalue weighted by atomic mass is 16.6. The van der Waals surface area contributed by atoms with Gasteiger partial charge in [-0.1, -0.05) is 20.8 Å². The molecule has 18 heavy (non-hydrogen) atoms. The van der Waals surface area contributed by atoms with E-state index in [1.807, 2.05) is 41.5 Å². The molecule has 1 rings (SSSR count). The van der Waals surface area contributed by atoms with E-state index in [1.54, 1.807) is 0 Å². The number of hydrogen-bond acceptors (Lipinski definition) is 3. The molecule has 1 aliphatic carbocycles. The summed E-state index contributed by atoms with van der Waals surface area (Å²) < 4.78 is 5.22. The Kier molecular flexibility index (Phi) is 4.08. The first-order valence-electron chi connectivity index (χ1n) is 6.58. The van der Waals surface area contributed by atoms with Crippen LogP contribution in [0.4, 0.5) is 4.79 Å². The van der Waals surface area contributed by atoms with Crippen LogP contribution in [0.25, 0.3) is 0 Å². The molecule has 0 aliphatic heterocycles. The van der Waals surface area contributed by atoms with E-state index >= 15 is 0 Å². The minimum Gasteiger partial charge on any atom is -0.444 e. The van der Waals surface area contributed by atoms with Crippen molar-refractivity contribution in [1.82, 2.24) is 5.32 Å². The minimum absolute atomic E-state index is 0.0811. The second kappa shape index (κ2) is 4.90. The summed E-state index contributed by atoms with van der Waals surface area (Å²) in [5, 5.41) is 2.75. The van der Waals surface area contributed by atoms with Gasteiger partial charge in [0, 0.05) is 5.92 Å². The van der Waals surface area contributed by atoms with Gasteiger partial charge in [-0.3, -0.25) is 4.79 Å². The maximum atomic E-state index is 12.2. The fraction of sp³-hybridized carbons (Fsp3) is 0.857. The van der Waals surface area contributed by atoms with Gasteiger partial charge < -0.3 is 10.1 Å². The summed E-state index contributed by atoms with van der Waals surface area (Å²) in [5.41, 5.74) is -0.627. The van der Waals surface area contributed by atoms with Crippen molar-refractivity contribution in [3.05, 3.63) is 0 Å². The molecule has 1 atom stereocenters. The van der Waals surface area contributed by atoms with Gasteiger partial charge in [-0.15, -0.1) is 0 Å². The van der Waals surface area contributed by atoms with Crippen molar-refractivity contribution >= 4 is 11.9 Å². The van der Waals surface area contributed by atoms with Crippen LogP contribution in [0.1, 0.15) is 54.4 Å². The molecule has 1 N–H and O–H groups in total. The van der Waals surface area contributed by atoms with Gasteiger partial charge in [0.2, 0.25) is 0 Å². The summed E-state index contributed by atoms with van der Waals surface area (Å²) in [4.78, 5) is 23.9. The topological polar surface area (TPSA) is 55.4 Å². The van der Waals surface area contributed by atoms with Gasteiger partial charge in [0.05, 0.1) is 6.04 Å². The van der Waals surface area contributed by atoms with E-state index in [4.69, 9.17) is 4.74 Å². The van der Waals surface area contributed by atoms with E-state index in [-0.39, 0.29) is 17.1 Å². The lowest BCUT2D eigenvalue weighted by Crippen LogP contribution is -2.49. The van der Waals surface area contributed by atoms with Crippen molar-refractivity contribution < 1.29 is 14.3 Å². The Morgan fingerprint density at radius 2 is 1.72 bits per heavy atom. The van der Waals surface area contributed by atoms with Gasteiger partial charge in [0.15, 0.2) is 5.78 Å². The molecule has 0 saturated heterocycles. The number of nitrogens with one attached hydrogen (secondary N) is 1. The van der Waals surface area contributed by atoms with Crippen molar-refractivity contribution in [2.75, 3.05) is 0 Å². The Morgan fingerprint density at radius 1 is 1.22 bits per heavy atom. The summed E-state index contributed by atoms with van der Waals surface area (Å²) in [6.07, 6.45) is 1.45. The molecule has 0 aromatic carbocycles. The van der Waals surface area contributed by atoms with Gasteiger partial charge >= 0.3 is 6.09 Å². The standard InChI is InChI=1S/C14H25NO3/c1-9(2)10(16)11(14(6)7-8-14)15-12(17)18-13(3,4)5/h9,11H,7-8H2,1-6H3,(H,15,17)/t11-/m1/s1. The average molecular weight is 255 g/mol. The first-order valence-corrected chi connectivity index (χ1v) is 6.58. The molecule has 0 spiro atoms. The van der Waals surface area contributed by atoms with Gasteiger partial charge in [-0.2, -0.15) is 0 Å². The summed E-state index contributed by atoms with van der Waals surface area (Å²) in [6, 6.07) is -0.424. The van der Waals surface area contributed by atoms with E-state index < -0.39 is 17.7 Å². The fourth-order valence-electron chi connectivity index (χ4n) is 1.83. The molecule has 1 aliphatic rings. The molecule has 0 bridgehead atoms. The van der Waals surface area contributed by atoms with Crippen molar-refractivity contribution in [2.45, 2.75) is 66.0 Å². The predicted octanol–water partition coefficient (Wildman–Crippen LogP) is 2.90. The van der Waals surface area contributed by atoms with Crippen LogP contribution in [0.15, 0.2) is 0 Å². The number of carbonyl (C=O) groups excluding carboxylic acids is 2. The Bertz CT molecular complexity index is 337. The number of carbonyl (C=O) groups is 2. The fourth-order valence-corrected chi connectivity index (χ4v) is 1.83. The third-order valence-electron chi connectivity index (χ3n) is 3.25. The zero-order valence-electron chi connectivity index (χ0n) is 12.3. The van der Waals surface area contributed by atoms with Crippen molar-refractivity contribution in [3.63, 3.8) is 0 Å². The molecule has 1 saturated carbocycles. The van der Waals surface area contributed by atoms with Crippen LogP contribution in [-0.2, 0) is 9.53 Å². The summed E-state index contributed by atoms with van der Waals surface area (Å²) in [7, 11) is 0. The number of ether oxygens (including phenoxy) is 1. The predicted molar refractivity (Wildman–Crippen MR) is 70.3 cm³/mol. The average Bonchev–Trinajstić information content (AvgIpc) is 2.90. The van der Waals surface area contributed by atoms with Crippen LogP contribution in [0, 0.1) is 11.3 Å². The molecule has 1 amide bonds. The number of amides is 1. The Labute approximate surface area is 109 Å². The molecular weight excluding hydrogens is 230 g/mol. The molecule has 0 heterocycles. The van der Waals surface area contributed by atoms with Crippen molar-refractivity contribution in [3.8, 4) is 0 Å². The number of Topliss-reactive ketones (excluding diaryl/α,β-unsaturated/α-hetero) is 1. The summed E-state index contributed by atoms with van der Waals surface area (Å²) >= 11 is 0. The minimum atomic E-state index is -0.542. The largest absolute Gasteiger partial charge is 0.444 e. The van der Waals surface area contributed by atoms with Crippen LogP contribution in [-0.4, -0.2) is 23.5 Å². The molecule has 4 heteroatoms. The smallest absolute Gasteiger partial charge is 0.408 e. The molecule has 0 aromatic rings. The Hall–Kier alpha value is -1.06. The van der Waals surface area contributed by atoms with Crippen LogP contribution >= 0.6 is 0 Å². The molecule has 4 nitrogen and oxygen atoms in total. The first-order chi connectivity index (χ1) is 8.05. The lowest BCUT2D eigenvalue weighted by atomic mass is 9.89. The molecule has 104 valence electrons. The summed E-state index contributed by atoms with van der Waals surface area (Å²) in [6.45, 7) is 11.2. The van der Waals surface area contributed by atoms with Gasteiger partial charge in [0.1, 0.15) is 5.60 Å². The normalized spacial score (nSPS) is 19.3. The lowest BCUT2D eigenvalue weighted by Gasteiger charge is -2.27. The summed E-state index contributed by atoms with van der Waals surface area (Å²) in [5.74, 6) is 0.00298. The third kappa shape index (κ3) is 4.00. The van der Waals surface area contributed by atoms with Crippen LogP contribution in [0.5, 0.6) is 0 Å². The highest BCUT2D eigenvalue weighted by Crippen LogP contribution is 2.48. The monoisotopic (exact) mass is 255 g/mol. The second-order valence-corrected chi connectivity index (χ2v) is 6.79. The number of rotatable bonds is 4. The maximum Gasteiger partial charge on any atom is 0.408 e. The Morgan fingerprint density at radius 3 is 2.06 bits per heavy atom. The molecule has 0 unspecified atom stereocenters. The third-order valence-corrected chi connectivity index (χ3v) is 3.25. The SMILES string of the molecule is CC(C)C(=O)[C@@H](NC(=O)OC(C)(C)C)C1(C)CC1. The molecular formula is C14H25NO3. The van der Waals surface area contributed by atoms with E-state index in [9.17, 15) is 9.59 Å². The van der Waals surface area contributed by atoms with Gasteiger partial charge in [-0.05, 0) is 39.0 Å². The van der Waals surface area contributed by atoms with E-state index in [2.05, 4.69) is 5.32 Å². The first kappa shape index (κ1) is 15.0. The molecule has 0 radical (unpaired) electrons. The molecule has 1 fully saturated rings. The van der Waals surface area contributed by atoms with E-state index in [1.165, 1.54) is 0 Å². The van der Waals surface area contributed by atoms with E-state index in [0.29, 0.717) is 0 Å². The number of hydrogen-bond donors (Lipinski definition) is 1. The quantitative estimate of drug-likeness (QED) is 0.840. The zero-order chi connectivity index (χ0) is 14.1. The van der Waals surface area contributed by atoms with Gasteiger partial charge in [-0.25, -0.2) is 4.79 Å². The maximum absolute atomic E-state index is 12.2. The van der Waals surface area contributed by atoms with E-state index in [0.717, 1.165) is 12.8 Å². The number of ketones is 1. The van der Waals surface area contributed by atoms with Crippen molar-refractivity contribution in [2.24, 2.45) is 11.3 Å². The lowest BCUT2D eigenvalue weighted by molar-refractivity contribution is -0.125. The number of alkyl carbamates (subject to hydrolysis) is 1. The van der Waals surface area contributed by atoms with Gasteiger partial charge in [0.25, 0.3) is 0 Å². The van der Waals surface area contributed by atoms with Crippen LogP contribution in [0.2, 0.25) is 0 Å². The van der Waals surface area contributed by atoms with Crippen LogP contribution < -0.4 is 5.32 Å². The van der Waals surface area contributed by atoms with Crippen LogP contribution in [0.3, 0.4) is 0 Å².